The van der Waals surface area contributed by atoms with E-state index in [1.807, 2.05) is 0 Å². The van der Waals surface area contributed by atoms with Crippen LogP contribution in [0.3, 0.4) is 0 Å². The number of benzene rings is 1. The van der Waals surface area contributed by atoms with Crippen molar-refractivity contribution in [3.63, 3.8) is 0 Å². The topological polar surface area (TPSA) is 83.1 Å². The number of hydrogen-bond donors (Lipinski definition) is 1. The highest BCUT2D eigenvalue weighted by Gasteiger charge is 2.18. The molecule has 0 unspecified atom stereocenters. The van der Waals surface area contributed by atoms with Gasteiger partial charge in [-0.1, -0.05) is 6.07 Å². The van der Waals surface area contributed by atoms with Crippen LogP contribution in [-0.2, 0) is 18.9 Å². The molecule has 2 rings (SSSR count). The van der Waals surface area contributed by atoms with Gasteiger partial charge in [0.05, 0.1) is 18.3 Å². The van der Waals surface area contributed by atoms with E-state index in [1.54, 1.807) is 39.0 Å². The molecule has 1 atom stereocenters. The van der Waals surface area contributed by atoms with Gasteiger partial charge < -0.3 is 18.9 Å². The quantitative estimate of drug-likeness (QED) is 0.851. The fourth-order valence-corrected chi connectivity index (χ4v) is 2.03. The lowest BCUT2D eigenvalue weighted by molar-refractivity contribution is -0.150. The lowest BCUT2D eigenvalue weighted by atomic mass is 10.2. The summed E-state index contributed by atoms with van der Waals surface area (Å²) in [6.07, 6.45) is -0.0394. The molecular formula is C17H23NO6. The third-order valence-electron chi connectivity index (χ3n) is 3.12. The first-order valence-corrected chi connectivity index (χ1v) is 7.80. The van der Waals surface area contributed by atoms with Crippen molar-refractivity contribution in [2.45, 2.75) is 38.9 Å². The average molecular weight is 337 g/mol. The molecule has 0 saturated carbocycles. The first-order valence-electron chi connectivity index (χ1n) is 7.80. The Hall–Kier alpha value is -2.12. The molecule has 1 aromatic carbocycles. The lowest BCUT2D eigenvalue weighted by Gasteiger charge is -2.22. The molecule has 0 aliphatic carbocycles. The Labute approximate surface area is 141 Å². The van der Waals surface area contributed by atoms with Crippen LogP contribution >= 0.6 is 0 Å². The van der Waals surface area contributed by atoms with Crippen LogP contribution < -0.4 is 5.32 Å². The molecule has 1 aromatic rings. The van der Waals surface area contributed by atoms with Crippen LogP contribution in [0.25, 0.3) is 0 Å². The molecule has 1 aliphatic rings. The summed E-state index contributed by atoms with van der Waals surface area (Å²) in [5, 5.41) is 2.59. The van der Waals surface area contributed by atoms with Gasteiger partial charge >= 0.3 is 12.1 Å². The molecule has 1 aliphatic heterocycles. The van der Waals surface area contributed by atoms with Crippen LogP contribution in [0.2, 0.25) is 0 Å². The highest BCUT2D eigenvalue weighted by Crippen LogP contribution is 2.15. The molecule has 7 nitrogen and oxygen atoms in total. The van der Waals surface area contributed by atoms with Gasteiger partial charge in [0.1, 0.15) is 19.0 Å². The summed E-state index contributed by atoms with van der Waals surface area (Å²) < 4.78 is 20.8. The third kappa shape index (κ3) is 6.17. The lowest BCUT2D eigenvalue weighted by Crippen LogP contribution is -2.29. The van der Waals surface area contributed by atoms with E-state index >= 15 is 0 Å². The first kappa shape index (κ1) is 18.2. The van der Waals surface area contributed by atoms with Crippen molar-refractivity contribution in [3.05, 3.63) is 29.8 Å². The molecule has 24 heavy (non-hydrogen) atoms. The van der Waals surface area contributed by atoms with Gasteiger partial charge in [-0.15, -0.1) is 0 Å². The van der Waals surface area contributed by atoms with E-state index in [1.165, 1.54) is 6.07 Å². The van der Waals surface area contributed by atoms with Crippen LogP contribution in [0, 0.1) is 0 Å². The molecule has 1 heterocycles. The molecular weight excluding hydrogens is 314 g/mol. The smallest absolute Gasteiger partial charge is 0.412 e. The maximum absolute atomic E-state index is 12.1. The van der Waals surface area contributed by atoms with Gasteiger partial charge in [-0.3, -0.25) is 5.32 Å². The molecule has 1 fully saturated rings. The van der Waals surface area contributed by atoms with E-state index in [4.69, 9.17) is 18.9 Å². The number of ether oxygens (including phenoxy) is 4. The summed E-state index contributed by atoms with van der Waals surface area (Å²) in [6.45, 7) is 6.32. The molecule has 0 spiro atoms. The van der Waals surface area contributed by atoms with Crippen LogP contribution in [0.5, 0.6) is 0 Å². The number of anilines is 1. The number of hydrogen-bond acceptors (Lipinski definition) is 6. The summed E-state index contributed by atoms with van der Waals surface area (Å²) >= 11 is 0. The van der Waals surface area contributed by atoms with E-state index in [-0.39, 0.29) is 19.5 Å². The Bertz CT molecular complexity index is 575. The largest absolute Gasteiger partial charge is 0.459 e. The Balaban J connectivity index is 1.88. The molecule has 0 bridgehead atoms. The molecule has 0 aromatic heterocycles. The number of esters is 1. The van der Waals surface area contributed by atoms with E-state index in [9.17, 15) is 9.59 Å². The number of carbonyl (C=O) groups is 2. The summed E-state index contributed by atoms with van der Waals surface area (Å²) in [5.41, 5.74) is 0.210. The average Bonchev–Trinajstić information content (AvgIpc) is 2.52. The number of rotatable bonds is 4. The van der Waals surface area contributed by atoms with Crippen molar-refractivity contribution < 1.29 is 28.5 Å². The highest BCUT2D eigenvalue weighted by atomic mass is 16.7. The van der Waals surface area contributed by atoms with Crippen molar-refractivity contribution in [2.24, 2.45) is 0 Å². The normalized spacial score (nSPS) is 17.9. The van der Waals surface area contributed by atoms with E-state index < -0.39 is 17.7 Å². The van der Waals surface area contributed by atoms with E-state index in [0.29, 0.717) is 24.3 Å². The Morgan fingerprint density at radius 1 is 1.33 bits per heavy atom. The van der Waals surface area contributed by atoms with Crippen molar-refractivity contribution in [2.75, 3.05) is 25.3 Å². The summed E-state index contributed by atoms with van der Waals surface area (Å²) in [7, 11) is 0. The van der Waals surface area contributed by atoms with Gasteiger partial charge in [-0.25, -0.2) is 9.59 Å². The minimum atomic E-state index is -0.593. The molecule has 0 radical (unpaired) electrons. The van der Waals surface area contributed by atoms with Gasteiger partial charge in [0.2, 0.25) is 0 Å². The number of nitrogens with one attached hydrogen (secondary N) is 1. The zero-order chi connectivity index (χ0) is 17.6. The van der Waals surface area contributed by atoms with Crippen molar-refractivity contribution in [3.8, 4) is 0 Å². The van der Waals surface area contributed by atoms with Gasteiger partial charge in [0.15, 0.2) is 0 Å². The van der Waals surface area contributed by atoms with Crippen LogP contribution in [0.4, 0.5) is 10.5 Å². The van der Waals surface area contributed by atoms with Gasteiger partial charge in [-0.2, -0.15) is 0 Å². The molecule has 132 valence electrons. The van der Waals surface area contributed by atoms with Crippen molar-refractivity contribution in [1.82, 2.24) is 0 Å². The monoisotopic (exact) mass is 337 g/mol. The standard InChI is InChI=1S/C17H23NO6/c1-17(2,3)24-16(20)18-13-6-4-5-12(9-13)15(19)22-10-14-7-8-21-11-23-14/h4-6,9,14H,7-8,10-11H2,1-3H3,(H,18,20)/t14-/m1/s1. The number of amides is 1. The summed E-state index contributed by atoms with van der Waals surface area (Å²) in [4.78, 5) is 23.9. The van der Waals surface area contributed by atoms with Gasteiger partial charge in [-0.05, 0) is 39.0 Å². The fourth-order valence-electron chi connectivity index (χ4n) is 2.03. The van der Waals surface area contributed by atoms with Crippen molar-refractivity contribution >= 4 is 17.7 Å². The summed E-state index contributed by atoms with van der Waals surface area (Å²) in [5.74, 6) is -0.474. The van der Waals surface area contributed by atoms with Crippen molar-refractivity contribution in [1.29, 1.82) is 0 Å². The predicted octanol–water partition coefficient (Wildman–Crippen LogP) is 2.95. The van der Waals surface area contributed by atoms with Gasteiger partial charge in [0.25, 0.3) is 0 Å². The zero-order valence-electron chi connectivity index (χ0n) is 14.2. The SMILES string of the molecule is CC(C)(C)OC(=O)Nc1cccc(C(=O)OC[C@H]2CCOCO2)c1. The molecule has 1 saturated heterocycles. The van der Waals surface area contributed by atoms with E-state index in [2.05, 4.69) is 5.32 Å². The molecule has 1 N–H and O–H groups in total. The van der Waals surface area contributed by atoms with E-state index in [0.717, 1.165) is 0 Å². The first-order chi connectivity index (χ1) is 11.3. The molecule has 7 heteroatoms. The van der Waals surface area contributed by atoms with Crippen LogP contribution in [0.15, 0.2) is 24.3 Å². The third-order valence-corrected chi connectivity index (χ3v) is 3.12. The zero-order valence-corrected chi connectivity index (χ0v) is 14.2. The van der Waals surface area contributed by atoms with Crippen LogP contribution in [-0.4, -0.2) is 43.8 Å². The Morgan fingerprint density at radius 3 is 2.79 bits per heavy atom. The van der Waals surface area contributed by atoms with Crippen LogP contribution in [0.1, 0.15) is 37.6 Å². The second-order valence-corrected chi connectivity index (χ2v) is 6.41. The highest BCUT2D eigenvalue weighted by molar-refractivity contribution is 5.92. The summed E-state index contributed by atoms with van der Waals surface area (Å²) in [6, 6.07) is 6.49. The Morgan fingerprint density at radius 2 is 2.12 bits per heavy atom. The minimum absolute atomic E-state index is 0.147. The second kappa shape index (κ2) is 8.12. The van der Waals surface area contributed by atoms with Gasteiger partial charge in [0, 0.05) is 12.1 Å². The fraction of sp³-hybridized carbons (Fsp3) is 0.529. The number of carbonyl (C=O) groups excluding carboxylic acids is 2. The maximum atomic E-state index is 12.1. The minimum Gasteiger partial charge on any atom is -0.459 e. The second-order valence-electron chi connectivity index (χ2n) is 6.41. The predicted molar refractivity (Wildman–Crippen MR) is 86.9 cm³/mol. The molecule has 1 amide bonds. The Kier molecular flexibility index (Phi) is 6.16. The maximum Gasteiger partial charge on any atom is 0.412 e.